The summed E-state index contributed by atoms with van der Waals surface area (Å²) in [6.07, 6.45) is 64.5. The van der Waals surface area contributed by atoms with Gasteiger partial charge in [-0.15, -0.1) is 0 Å². The summed E-state index contributed by atoms with van der Waals surface area (Å²) in [7, 11) is 0. The number of esters is 1. The van der Waals surface area contributed by atoms with Crippen molar-refractivity contribution in [3.8, 4) is 0 Å². The molecule has 0 heterocycles. The van der Waals surface area contributed by atoms with Crippen molar-refractivity contribution in [3.63, 3.8) is 0 Å². The SMILES string of the molecule is CC/C=C\C/C=C\C/C=C\C/C=C\C/C=C\CCCCCC(=O)OC(CO)COCCCCCCCCCCCCCCCCCCCCCCCCCC. The van der Waals surface area contributed by atoms with Crippen LogP contribution in [-0.2, 0) is 14.3 Å². The second kappa shape index (κ2) is 48.2. The maximum Gasteiger partial charge on any atom is 0.306 e. The standard InChI is InChI=1S/C51H92O4/c1-3-5-7-9-11-13-15-17-19-21-23-24-25-26-27-29-31-33-35-37-39-41-43-45-47-54-49-50(48-52)55-51(53)46-44-42-40-38-36-34-32-30-28-22-20-18-16-14-12-10-8-6-4-2/h6,8,12,14,18,20,28,30,34,36,50,52H,3-5,7,9-11,13,15-17,19,21-27,29,31-33,35,37-49H2,1-2H3/b8-6-,14-12-,20-18-,30-28-,36-34-. The Morgan fingerprint density at radius 3 is 1.22 bits per heavy atom. The largest absolute Gasteiger partial charge is 0.457 e. The molecule has 0 rings (SSSR count). The van der Waals surface area contributed by atoms with Crippen LogP contribution in [-0.4, -0.2) is 37.0 Å². The molecule has 0 saturated heterocycles. The minimum absolute atomic E-state index is 0.185. The normalized spacial score (nSPS) is 12.9. The molecule has 0 bridgehead atoms. The topological polar surface area (TPSA) is 55.8 Å². The van der Waals surface area contributed by atoms with Crippen LogP contribution in [0.5, 0.6) is 0 Å². The monoisotopic (exact) mass is 769 g/mol. The van der Waals surface area contributed by atoms with E-state index in [4.69, 9.17) is 9.47 Å². The third-order valence-electron chi connectivity index (χ3n) is 10.4. The van der Waals surface area contributed by atoms with Crippen LogP contribution in [0.1, 0.15) is 232 Å². The highest BCUT2D eigenvalue weighted by Gasteiger charge is 2.13. The Labute approximate surface area is 343 Å². The summed E-state index contributed by atoms with van der Waals surface area (Å²) in [4.78, 5) is 12.2. The fraction of sp³-hybridized carbons (Fsp3) is 0.784. The second-order valence-corrected chi connectivity index (χ2v) is 15.8. The van der Waals surface area contributed by atoms with Gasteiger partial charge in [-0.05, 0) is 57.8 Å². The Morgan fingerprint density at radius 2 is 0.818 bits per heavy atom. The van der Waals surface area contributed by atoms with Crippen LogP contribution in [0.3, 0.4) is 0 Å². The molecule has 1 atom stereocenters. The minimum atomic E-state index is -0.553. The number of allylic oxidation sites excluding steroid dienone is 10. The lowest BCUT2D eigenvalue weighted by atomic mass is 10.0. The quantitative estimate of drug-likeness (QED) is 0.0381. The van der Waals surface area contributed by atoms with Crippen LogP contribution in [0.15, 0.2) is 60.8 Å². The summed E-state index contributed by atoms with van der Waals surface area (Å²) < 4.78 is 11.2. The fourth-order valence-corrected chi connectivity index (χ4v) is 6.83. The van der Waals surface area contributed by atoms with Gasteiger partial charge in [0, 0.05) is 13.0 Å². The van der Waals surface area contributed by atoms with Crippen molar-refractivity contribution in [1.29, 1.82) is 0 Å². The molecule has 0 aromatic rings. The average molecular weight is 769 g/mol. The molecule has 0 aliphatic heterocycles. The molecule has 4 nitrogen and oxygen atoms in total. The Kier molecular flexibility index (Phi) is 46.6. The molecular weight excluding hydrogens is 677 g/mol. The van der Waals surface area contributed by atoms with Gasteiger partial charge in [-0.2, -0.15) is 0 Å². The van der Waals surface area contributed by atoms with Gasteiger partial charge in [-0.25, -0.2) is 0 Å². The van der Waals surface area contributed by atoms with Crippen molar-refractivity contribution in [2.75, 3.05) is 19.8 Å². The number of aliphatic hydroxyl groups is 1. The van der Waals surface area contributed by atoms with E-state index >= 15 is 0 Å². The molecule has 0 aromatic carbocycles. The molecule has 0 fully saturated rings. The molecule has 0 aliphatic carbocycles. The van der Waals surface area contributed by atoms with Gasteiger partial charge in [-0.3, -0.25) is 4.79 Å². The van der Waals surface area contributed by atoms with Crippen molar-refractivity contribution < 1.29 is 19.4 Å². The zero-order valence-corrected chi connectivity index (χ0v) is 36.7. The van der Waals surface area contributed by atoms with E-state index in [1.165, 1.54) is 148 Å². The predicted molar refractivity (Wildman–Crippen MR) is 242 cm³/mol. The summed E-state index contributed by atoms with van der Waals surface area (Å²) in [6.45, 7) is 5.22. The van der Waals surface area contributed by atoms with Crippen molar-refractivity contribution in [3.05, 3.63) is 60.8 Å². The van der Waals surface area contributed by atoms with Crippen molar-refractivity contribution in [2.24, 2.45) is 0 Å². The highest BCUT2D eigenvalue weighted by atomic mass is 16.6. The summed E-state index contributed by atoms with van der Waals surface area (Å²) in [6, 6.07) is 0. The van der Waals surface area contributed by atoms with Crippen LogP contribution in [0.4, 0.5) is 0 Å². The molecule has 1 unspecified atom stereocenters. The first kappa shape index (κ1) is 53.1. The van der Waals surface area contributed by atoms with Crippen molar-refractivity contribution >= 4 is 5.97 Å². The van der Waals surface area contributed by atoms with Crippen molar-refractivity contribution in [1.82, 2.24) is 0 Å². The maximum atomic E-state index is 12.2. The van der Waals surface area contributed by atoms with Crippen LogP contribution in [0.25, 0.3) is 0 Å². The molecule has 4 heteroatoms. The molecule has 0 amide bonds. The third kappa shape index (κ3) is 46.4. The predicted octanol–water partition coefficient (Wildman–Crippen LogP) is 16.0. The molecule has 320 valence electrons. The van der Waals surface area contributed by atoms with E-state index in [0.717, 1.165) is 64.2 Å². The van der Waals surface area contributed by atoms with E-state index < -0.39 is 6.10 Å². The maximum absolute atomic E-state index is 12.2. The van der Waals surface area contributed by atoms with Crippen LogP contribution < -0.4 is 0 Å². The van der Waals surface area contributed by atoms with E-state index in [2.05, 4.69) is 74.6 Å². The highest BCUT2D eigenvalue weighted by molar-refractivity contribution is 5.69. The van der Waals surface area contributed by atoms with Crippen LogP contribution >= 0.6 is 0 Å². The fourth-order valence-electron chi connectivity index (χ4n) is 6.83. The Hall–Kier alpha value is -1.91. The summed E-state index contributed by atoms with van der Waals surface area (Å²) in [5.41, 5.74) is 0. The zero-order valence-electron chi connectivity index (χ0n) is 36.7. The van der Waals surface area contributed by atoms with Gasteiger partial charge in [0.2, 0.25) is 0 Å². The van der Waals surface area contributed by atoms with E-state index in [-0.39, 0.29) is 19.2 Å². The number of carbonyl (C=O) groups excluding carboxylic acids is 1. The lowest BCUT2D eigenvalue weighted by Crippen LogP contribution is -2.27. The summed E-state index contributed by atoms with van der Waals surface area (Å²) >= 11 is 0. The van der Waals surface area contributed by atoms with Crippen molar-refractivity contribution in [2.45, 2.75) is 238 Å². The molecule has 0 spiro atoms. The van der Waals surface area contributed by atoms with Crippen LogP contribution in [0.2, 0.25) is 0 Å². The van der Waals surface area contributed by atoms with E-state index in [1.54, 1.807) is 0 Å². The zero-order chi connectivity index (χ0) is 39.8. The minimum Gasteiger partial charge on any atom is -0.457 e. The number of hydrogen-bond donors (Lipinski definition) is 1. The van der Waals surface area contributed by atoms with E-state index in [9.17, 15) is 9.90 Å². The lowest BCUT2D eigenvalue weighted by molar-refractivity contribution is -0.154. The highest BCUT2D eigenvalue weighted by Crippen LogP contribution is 2.16. The number of ether oxygens (including phenoxy) is 2. The number of unbranched alkanes of at least 4 members (excludes halogenated alkanes) is 26. The Morgan fingerprint density at radius 1 is 0.455 bits per heavy atom. The smallest absolute Gasteiger partial charge is 0.306 e. The molecule has 0 aliphatic rings. The third-order valence-corrected chi connectivity index (χ3v) is 10.4. The first-order valence-corrected chi connectivity index (χ1v) is 23.9. The molecule has 55 heavy (non-hydrogen) atoms. The molecule has 0 saturated carbocycles. The summed E-state index contributed by atoms with van der Waals surface area (Å²) in [5.74, 6) is -0.229. The number of hydrogen-bond acceptors (Lipinski definition) is 4. The first-order valence-electron chi connectivity index (χ1n) is 23.9. The first-order chi connectivity index (χ1) is 27.2. The molecule has 0 aromatic heterocycles. The number of rotatable bonds is 44. The lowest BCUT2D eigenvalue weighted by Gasteiger charge is -2.15. The van der Waals surface area contributed by atoms with Gasteiger partial charge in [0.15, 0.2) is 0 Å². The Balaban J connectivity index is 3.44. The molecule has 0 radical (unpaired) electrons. The van der Waals surface area contributed by atoms with Gasteiger partial charge in [0.05, 0.1) is 13.2 Å². The number of carbonyl (C=O) groups is 1. The summed E-state index contributed by atoms with van der Waals surface area (Å²) in [5, 5.41) is 9.62. The average Bonchev–Trinajstić information content (AvgIpc) is 3.19. The van der Waals surface area contributed by atoms with Gasteiger partial charge in [0.1, 0.15) is 6.10 Å². The van der Waals surface area contributed by atoms with Gasteiger partial charge >= 0.3 is 5.97 Å². The Bertz CT molecular complexity index is 900. The van der Waals surface area contributed by atoms with Gasteiger partial charge < -0.3 is 14.6 Å². The van der Waals surface area contributed by atoms with Gasteiger partial charge in [0.25, 0.3) is 0 Å². The van der Waals surface area contributed by atoms with E-state index in [1.807, 2.05) is 0 Å². The van der Waals surface area contributed by atoms with Crippen LogP contribution in [0, 0.1) is 0 Å². The number of aliphatic hydroxyl groups excluding tert-OH is 1. The van der Waals surface area contributed by atoms with Gasteiger partial charge in [-0.1, -0.05) is 229 Å². The molecular formula is C51H92O4. The second-order valence-electron chi connectivity index (χ2n) is 15.8. The van der Waals surface area contributed by atoms with E-state index in [0.29, 0.717) is 13.0 Å². The molecule has 1 N–H and O–H groups in total.